The van der Waals surface area contributed by atoms with Gasteiger partial charge in [0.2, 0.25) is 0 Å². The minimum atomic E-state index is 1.04. The van der Waals surface area contributed by atoms with Gasteiger partial charge in [-0.2, -0.15) is 0 Å². The van der Waals surface area contributed by atoms with Crippen molar-refractivity contribution in [1.29, 1.82) is 0 Å². The summed E-state index contributed by atoms with van der Waals surface area (Å²) in [7, 11) is 0. The van der Waals surface area contributed by atoms with Gasteiger partial charge in [-0.05, 0) is 24.2 Å². The molecule has 0 aromatic rings. The molecule has 1 saturated carbocycles. The number of unbranched alkanes of at least 4 members (excludes halogenated alkanes) is 15. The van der Waals surface area contributed by atoms with Gasteiger partial charge in [-0.3, -0.25) is 0 Å². The summed E-state index contributed by atoms with van der Waals surface area (Å²) in [5.74, 6) is 3.30. The van der Waals surface area contributed by atoms with Crippen LogP contribution in [-0.4, -0.2) is 0 Å². The van der Waals surface area contributed by atoms with Crippen LogP contribution in [0.3, 0.4) is 0 Å². The molecule has 1 aliphatic rings. The summed E-state index contributed by atoms with van der Waals surface area (Å²) in [6, 6.07) is 0. The quantitative estimate of drug-likeness (QED) is 0.125. The molecule has 0 aliphatic heterocycles. The van der Waals surface area contributed by atoms with Gasteiger partial charge in [0.05, 0.1) is 0 Å². The Labute approximate surface area is 199 Å². The van der Waals surface area contributed by atoms with Crippen LogP contribution in [0, 0.1) is 17.8 Å². The molecule has 0 aromatic carbocycles. The van der Waals surface area contributed by atoms with Crippen molar-refractivity contribution in [3.63, 3.8) is 0 Å². The third-order valence-corrected chi connectivity index (χ3v) is 8.10. The van der Waals surface area contributed by atoms with Gasteiger partial charge < -0.3 is 0 Å². The maximum atomic E-state index is 2.38. The van der Waals surface area contributed by atoms with Crippen molar-refractivity contribution in [2.75, 3.05) is 0 Å². The first-order valence-electron chi connectivity index (χ1n) is 15.3. The van der Waals surface area contributed by atoms with Gasteiger partial charge in [-0.25, -0.2) is 0 Å². The topological polar surface area (TPSA) is 0 Å². The van der Waals surface area contributed by atoms with E-state index < -0.39 is 0 Å². The molecular weight excluding hydrogens is 372 g/mol. The third-order valence-electron chi connectivity index (χ3n) is 8.10. The Morgan fingerprint density at radius 2 is 0.806 bits per heavy atom. The summed E-state index contributed by atoms with van der Waals surface area (Å²) in [4.78, 5) is 0. The highest BCUT2D eigenvalue weighted by atomic mass is 14.4. The van der Waals surface area contributed by atoms with E-state index >= 15 is 0 Å². The average Bonchev–Trinajstić information content (AvgIpc) is 3.52. The molecule has 0 aromatic heterocycles. The summed E-state index contributed by atoms with van der Waals surface area (Å²) in [5, 5.41) is 0. The van der Waals surface area contributed by atoms with E-state index in [4.69, 9.17) is 0 Å². The van der Waals surface area contributed by atoms with Crippen LogP contribution in [0.1, 0.15) is 181 Å². The molecule has 3 unspecified atom stereocenters. The lowest BCUT2D eigenvalue weighted by Crippen LogP contribution is -2.00. The Bertz CT molecular complexity index is 346. The smallest absolute Gasteiger partial charge is 0.0383 e. The van der Waals surface area contributed by atoms with Gasteiger partial charge in [-0.1, -0.05) is 175 Å². The maximum absolute atomic E-state index is 2.38. The molecule has 0 bridgehead atoms. The predicted molar refractivity (Wildman–Crippen MR) is 143 cm³/mol. The minimum absolute atomic E-state index is 1.04. The van der Waals surface area contributed by atoms with Crippen LogP contribution in [0.25, 0.3) is 0 Å². The van der Waals surface area contributed by atoms with Gasteiger partial charge in [0.15, 0.2) is 0 Å². The van der Waals surface area contributed by atoms with E-state index in [0.717, 1.165) is 17.8 Å². The van der Waals surface area contributed by atoms with E-state index in [0.29, 0.717) is 0 Å². The second-order valence-electron chi connectivity index (χ2n) is 11.2. The van der Waals surface area contributed by atoms with Crippen molar-refractivity contribution < 1.29 is 0 Å². The molecule has 186 valence electrons. The lowest BCUT2D eigenvalue weighted by Gasteiger charge is -2.16. The van der Waals surface area contributed by atoms with Crippen molar-refractivity contribution in [1.82, 2.24) is 0 Å². The highest BCUT2D eigenvalue weighted by Crippen LogP contribution is 2.45. The van der Waals surface area contributed by atoms with Crippen LogP contribution in [-0.2, 0) is 0 Å². The summed E-state index contributed by atoms with van der Waals surface area (Å²) in [6.07, 6.45) is 37.2. The van der Waals surface area contributed by atoms with E-state index in [1.165, 1.54) is 141 Å². The van der Waals surface area contributed by atoms with Crippen molar-refractivity contribution in [2.45, 2.75) is 181 Å². The van der Waals surface area contributed by atoms with E-state index in [9.17, 15) is 0 Å². The first kappa shape index (κ1) is 29.0. The normalized spacial score (nSPS) is 19.1. The van der Waals surface area contributed by atoms with Gasteiger partial charge in [0.25, 0.3) is 0 Å². The molecule has 0 N–H and O–H groups in total. The summed E-state index contributed by atoms with van der Waals surface area (Å²) < 4.78 is 0. The molecule has 0 nitrogen and oxygen atoms in total. The SMILES string of the molecule is CCCCCCCCCC(CCC)CCCCCCCC1CC1CCCCCCCC. The highest BCUT2D eigenvalue weighted by molar-refractivity contribution is 4.85. The minimum Gasteiger partial charge on any atom is -0.0654 e. The first-order chi connectivity index (χ1) is 15.3. The lowest BCUT2D eigenvalue weighted by molar-refractivity contribution is 0.376. The molecule has 0 spiro atoms. The molecule has 0 heterocycles. The molecule has 0 amide bonds. The van der Waals surface area contributed by atoms with Crippen molar-refractivity contribution in [3.05, 3.63) is 0 Å². The fraction of sp³-hybridized carbons (Fsp3) is 1.00. The Balaban J connectivity index is 1.86. The zero-order chi connectivity index (χ0) is 22.4. The Morgan fingerprint density at radius 1 is 0.419 bits per heavy atom. The Hall–Kier alpha value is 0. The molecule has 31 heavy (non-hydrogen) atoms. The number of rotatable bonds is 25. The van der Waals surface area contributed by atoms with Crippen molar-refractivity contribution >= 4 is 0 Å². The van der Waals surface area contributed by atoms with Gasteiger partial charge in [-0.15, -0.1) is 0 Å². The molecule has 3 atom stereocenters. The van der Waals surface area contributed by atoms with Crippen LogP contribution in [0.5, 0.6) is 0 Å². The van der Waals surface area contributed by atoms with Crippen LogP contribution in [0.4, 0.5) is 0 Å². The van der Waals surface area contributed by atoms with E-state index in [2.05, 4.69) is 20.8 Å². The van der Waals surface area contributed by atoms with E-state index in [-0.39, 0.29) is 0 Å². The fourth-order valence-corrected chi connectivity index (χ4v) is 5.81. The van der Waals surface area contributed by atoms with Gasteiger partial charge in [0.1, 0.15) is 0 Å². The molecule has 1 fully saturated rings. The summed E-state index contributed by atoms with van der Waals surface area (Å²) in [6.45, 7) is 7.01. The Morgan fingerprint density at radius 3 is 1.23 bits per heavy atom. The van der Waals surface area contributed by atoms with E-state index in [1.54, 1.807) is 19.3 Å². The maximum Gasteiger partial charge on any atom is -0.0383 e. The van der Waals surface area contributed by atoms with Crippen LogP contribution >= 0.6 is 0 Å². The molecule has 0 heteroatoms. The molecule has 1 aliphatic carbocycles. The lowest BCUT2D eigenvalue weighted by atomic mass is 9.90. The fourth-order valence-electron chi connectivity index (χ4n) is 5.81. The van der Waals surface area contributed by atoms with Gasteiger partial charge >= 0.3 is 0 Å². The van der Waals surface area contributed by atoms with Crippen LogP contribution in [0.2, 0.25) is 0 Å². The van der Waals surface area contributed by atoms with Crippen molar-refractivity contribution in [2.24, 2.45) is 17.8 Å². The third kappa shape index (κ3) is 18.1. The predicted octanol–water partition coefficient (Wildman–Crippen LogP) is 11.7. The first-order valence-corrected chi connectivity index (χ1v) is 15.3. The number of hydrogen-bond acceptors (Lipinski definition) is 0. The zero-order valence-electron chi connectivity index (χ0n) is 22.4. The number of hydrogen-bond donors (Lipinski definition) is 0. The molecule has 1 rings (SSSR count). The van der Waals surface area contributed by atoms with E-state index in [1.807, 2.05) is 0 Å². The second kappa shape index (κ2) is 21.8. The molecule has 0 radical (unpaired) electrons. The highest BCUT2D eigenvalue weighted by Gasteiger charge is 2.34. The largest absolute Gasteiger partial charge is 0.0654 e. The zero-order valence-corrected chi connectivity index (χ0v) is 22.4. The molecular formula is C31H62. The van der Waals surface area contributed by atoms with Gasteiger partial charge in [0, 0.05) is 0 Å². The summed E-state index contributed by atoms with van der Waals surface area (Å²) in [5.41, 5.74) is 0. The molecule has 0 saturated heterocycles. The Kier molecular flexibility index (Phi) is 20.4. The monoisotopic (exact) mass is 434 g/mol. The van der Waals surface area contributed by atoms with Crippen LogP contribution < -0.4 is 0 Å². The standard InChI is InChI=1S/C31H62/c1-4-7-9-11-13-15-19-24-29(23-6-3)25-20-16-14-18-22-27-31-28-30(31)26-21-17-12-10-8-5-2/h29-31H,4-28H2,1-3H3. The average molecular weight is 435 g/mol. The summed E-state index contributed by atoms with van der Waals surface area (Å²) >= 11 is 0. The van der Waals surface area contributed by atoms with Crippen LogP contribution in [0.15, 0.2) is 0 Å². The van der Waals surface area contributed by atoms with Crippen molar-refractivity contribution in [3.8, 4) is 0 Å². The second-order valence-corrected chi connectivity index (χ2v) is 11.2.